The van der Waals surface area contributed by atoms with Crippen LogP contribution in [0, 0.1) is 0 Å². The summed E-state index contributed by atoms with van der Waals surface area (Å²) in [6, 6.07) is 14.4. The van der Waals surface area contributed by atoms with Crippen LogP contribution < -0.4 is 16.4 Å². The van der Waals surface area contributed by atoms with Crippen LogP contribution in [0.2, 0.25) is 5.02 Å². The second kappa shape index (κ2) is 20.5. The van der Waals surface area contributed by atoms with Crippen molar-refractivity contribution in [1.82, 2.24) is 5.32 Å². The van der Waals surface area contributed by atoms with Crippen molar-refractivity contribution in [3.05, 3.63) is 94.0 Å². The first-order valence-electron chi connectivity index (χ1n) is 15.3. The average molecular weight is 734 g/mol. The van der Waals surface area contributed by atoms with E-state index in [1.165, 1.54) is 60.8 Å². The van der Waals surface area contributed by atoms with Gasteiger partial charge in [-0.25, -0.2) is 0 Å². The highest BCUT2D eigenvalue weighted by Gasteiger charge is 2.30. The smallest absolute Gasteiger partial charge is 0.416 e. The van der Waals surface area contributed by atoms with Gasteiger partial charge in [-0.3, -0.25) is 24.2 Å². The number of hydrogen-bond donors (Lipinski definition) is 4. The normalized spacial score (nSPS) is 11.8. The van der Waals surface area contributed by atoms with E-state index >= 15 is 0 Å². The summed E-state index contributed by atoms with van der Waals surface area (Å²) < 4.78 is 54.6. The third-order valence-electron chi connectivity index (χ3n) is 6.54. The Hall–Kier alpha value is -5.16. The molecule has 0 unspecified atom stereocenters. The molecule has 13 nitrogen and oxygen atoms in total. The summed E-state index contributed by atoms with van der Waals surface area (Å²) >= 11 is 6.09. The van der Waals surface area contributed by atoms with Gasteiger partial charge in [0, 0.05) is 35.3 Å². The van der Waals surface area contributed by atoms with Gasteiger partial charge in [-0.1, -0.05) is 23.7 Å². The van der Waals surface area contributed by atoms with E-state index in [1.807, 2.05) is 0 Å². The van der Waals surface area contributed by atoms with E-state index < -0.39 is 35.4 Å². The Morgan fingerprint density at radius 1 is 0.843 bits per heavy atom. The molecule has 0 bridgehead atoms. The number of benzene rings is 3. The largest absolute Gasteiger partial charge is 0.481 e. The number of carbonyl (C=O) groups excluding carboxylic acids is 3. The van der Waals surface area contributed by atoms with Crippen molar-refractivity contribution >= 4 is 58.7 Å². The molecular formula is C34H35ClF3N5O8. The quantitative estimate of drug-likeness (QED) is 0.0733. The minimum absolute atomic E-state index is 0.0357. The summed E-state index contributed by atoms with van der Waals surface area (Å²) in [5, 5.41) is 14.0. The van der Waals surface area contributed by atoms with Crippen molar-refractivity contribution in [2.75, 3.05) is 51.5 Å². The number of amidine groups is 1. The maximum Gasteiger partial charge on any atom is 0.416 e. The molecule has 0 radical (unpaired) electrons. The minimum atomic E-state index is -4.53. The molecule has 3 aromatic rings. The molecule has 0 aliphatic carbocycles. The first-order chi connectivity index (χ1) is 24.3. The number of halogens is 4. The van der Waals surface area contributed by atoms with Crippen LogP contribution in [-0.4, -0.2) is 87.0 Å². The lowest BCUT2D eigenvalue weighted by molar-refractivity contribution is -0.139. The zero-order valence-corrected chi connectivity index (χ0v) is 27.8. The summed E-state index contributed by atoms with van der Waals surface area (Å²) in [7, 11) is 0. The number of nitrogens with one attached hydrogen (secondary N) is 2. The molecule has 5 N–H and O–H groups in total. The van der Waals surface area contributed by atoms with Gasteiger partial charge in [0.25, 0.3) is 17.7 Å². The number of hydrogen-bond acceptors (Lipinski definition) is 8. The molecule has 0 spiro atoms. The number of aliphatic imine (C=N–C) groups is 2. The van der Waals surface area contributed by atoms with Gasteiger partial charge in [-0.2, -0.15) is 18.2 Å². The SMILES string of the molecule is NC(CC=Nc1cccc(C(F)(F)F)c1)=NC(=O)c1cc(Cl)ccc1NC(=O)c1cccc(C(=O)NCCOCCOCCOCCC(=O)O)c1. The number of carboxylic acid groups (broad SMARTS) is 1. The molecule has 272 valence electrons. The highest BCUT2D eigenvalue weighted by Crippen LogP contribution is 2.31. The molecule has 0 saturated heterocycles. The van der Waals surface area contributed by atoms with Gasteiger partial charge in [0.1, 0.15) is 5.84 Å². The summed E-state index contributed by atoms with van der Waals surface area (Å²) in [6.45, 7) is 1.60. The highest BCUT2D eigenvalue weighted by atomic mass is 35.5. The van der Waals surface area contributed by atoms with Crippen molar-refractivity contribution in [2.45, 2.75) is 19.0 Å². The summed E-state index contributed by atoms with van der Waals surface area (Å²) in [5.74, 6) is -3.06. The number of nitrogens with two attached hydrogens (primary N) is 1. The second-order valence-corrected chi connectivity index (χ2v) is 10.9. The molecule has 0 atom stereocenters. The van der Waals surface area contributed by atoms with E-state index in [9.17, 15) is 32.3 Å². The second-order valence-electron chi connectivity index (χ2n) is 10.4. The van der Waals surface area contributed by atoms with Crippen LogP contribution in [-0.2, 0) is 25.2 Å². The van der Waals surface area contributed by atoms with E-state index in [0.717, 1.165) is 12.1 Å². The number of anilines is 1. The standard InChI is InChI=1S/C34H35ClF3N5O8/c35-25-7-8-28(27(21-25)33(48)43-29(39)9-11-40-26-6-2-5-24(20-26)34(36,37)38)42-32(47)23-4-1-3-22(19-23)31(46)41-12-14-50-16-18-51-17-15-49-13-10-30(44)45/h1-8,11,19-21H,9-10,12-18H2,(H,41,46)(H,42,47)(H,44,45)(H2,39,43,48). The maximum absolute atomic E-state index is 13.1. The Bertz CT molecular complexity index is 1740. The lowest BCUT2D eigenvalue weighted by atomic mass is 10.1. The third-order valence-corrected chi connectivity index (χ3v) is 6.78. The summed E-state index contributed by atoms with van der Waals surface area (Å²) in [6.07, 6.45) is -3.55. The molecule has 0 aliphatic heterocycles. The van der Waals surface area contributed by atoms with Gasteiger partial charge in [0.2, 0.25) is 0 Å². The molecular weight excluding hydrogens is 699 g/mol. The molecule has 51 heavy (non-hydrogen) atoms. The maximum atomic E-state index is 13.1. The number of ether oxygens (including phenoxy) is 3. The fraction of sp³-hybridized carbons (Fsp3) is 0.294. The number of nitrogens with zero attached hydrogens (tertiary/aromatic N) is 2. The van der Waals surface area contributed by atoms with E-state index in [1.54, 1.807) is 0 Å². The third kappa shape index (κ3) is 14.7. The number of carboxylic acids is 1. The van der Waals surface area contributed by atoms with Gasteiger partial charge in [-0.05, 0) is 54.6 Å². The van der Waals surface area contributed by atoms with Gasteiger partial charge in [0.15, 0.2) is 0 Å². The Morgan fingerprint density at radius 3 is 2.18 bits per heavy atom. The minimum Gasteiger partial charge on any atom is -0.481 e. The van der Waals surface area contributed by atoms with Crippen molar-refractivity contribution in [1.29, 1.82) is 0 Å². The molecule has 3 amide bonds. The van der Waals surface area contributed by atoms with Gasteiger partial charge < -0.3 is 35.7 Å². The fourth-order valence-corrected chi connectivity index (χ4v) is 4.25. The van der Waals surface area contributed by atoms with E-state index in [0.29, 0.717) is 0 Å². The molecule has 3 aromatic carbocycles. The fourth-order valence-electron chi connectivity index (χ4n) is 4.08. The Kier molecular flexibility index (Phi) is 16.2. The number of amides is 3. The van der Waals surface area contributed by atoms with Crippen molar-refractivity contribution in [2.24, 2.45) is 15.7 Å². The van der Waals surface area contributed by atoms with Crippen molar-refractivity contribution < 1.29 is 51.7 Å². The average Bonchev–Trinajstić information content (AvgIpc) is 3.09. The van der Waals surface area contributed by atoms with E-state index in [4.69, 9.17) is 36.7 Å². The molecule has 0 fully saturated rings. The van der Waals surface area contributed by atoms with Crippen LogP contribution in [0.25, 0.3) is 0 Å². The zero-order valence-electron chi connectivity index (χ0n) is 27.1. The van der Waals surface area contributed by atoms with Crippen LogP contribution in [0.3, 0.4) is 0 Å². The molecule has 3 rings (SSSR count). The number of alkyl halides is 3. The van der Waals surface area contributed by atoms with Crippen LogP contribution >= 0.6 is 11.6 Å². The van der Waals surface area contributed by atoms with Crippen molar-refractivity contribution in [3.63, 3.8) is 0 Å². The summed E-state index contributed by atoms with van der Waals surface area (Å²) in [5.41, 5.74) is 5.33. The summed E-state index contributed by atoms with van der Waals surface area (Å²) in [4.78, 5) is 56.9. The molecule has 0 aromatic heterocycles. The van der Waals surface area contributed by atoms with Crippen LogP contribution in [0.5, 0.6) is 0 Å². The Labute approximate surface area is 295 Å². The highest BCUT2D eigenvalue weighted by molar-refractivity contribution is 6.31. The first kappa shape index (κ1) is 40.3. The molecule has 0 aliphatic rings. The Morgan fingerprint density at radius 2 is 1.49 bits per heavy atom. The molecule has 17 heteroatoms. The van der Waals surface area contributed by atoms with Gasteiger partial charge in [-0.15, -0.1) is 0 Å². The van der Waals surface area contributed by atoms with Crippen LogP contribution in [0.4, 0.5) is 24.5 Å². The van der Waals surface area contributed by atoms with E-state index in [-0.39, 0.29) is 98.0 Å². The van der Waals surface area contributed by atoms with Crippen LogP contribution in [0.1, 0.15) is 49.5 Å². The van der Waals surface area contributed by atoms with E-state index in [2.05, 4.69) is 20.6 Å². The molecule has 0 heterocycles. The monoisotopic (exact) mass is 733 g/mol. The Balaban J connectivity index is 1.50. The lowest BCUT2D eigenvalue weighted by Crippen LogP contribution is -2.28. The zero-order chi connectivity index (χ0) is 37.2. The number of carbonyl (C=O) groups is 4. The topological polar surface area (TPSA) is 191 Å². The molecule has 0 saturated carbocycles. The first-order valence-corrected chi connectivity index (χ1v) is 15.7. The number of aliphatic carboxylic acids is 1. The lowest BCUT2D eigenvalue weighted by Gasteiger charge is -2.11. The van der Waals surface area contributed by atoms with Gasteiger partial charge >= 0.3 is 12.1 Å². The van der Waals surface area contributed by atoms with Crippen molar-refractivity contribution in [3.8, 4) is 0 Å². The number of rotatable bonds is 19. The van der Waals surface area contributed by atoms with Crippen LogP contribution in [0.15, 0.2) is 76.7 Å². The predicted molar refractivity (Wildman–Crippen MR) is 183 cm³/mol. The predicted octanol–water partition coefficient (Wildman–Crippen LogP) is 5.16. The van der Waals surface area contributed by atoms with Gasteiger partial charge in [0.05, 0.1) is 68.6 Å².